The average molecular weight is 366 g/mol. The van der Waals surface area contributed by atoms with E-state index in [0.717, 1.165) is 27.0 Å². The molecule has 0 aliphatic carbocycles. The molecule has 0 fully saturated rings. The first kappa shape index (κ1) is 13.9. The summed E-state index contributed by atoms with van der Waals surface area (Å²) in [6.45, 7) is 0. The quantitative estimate of drug-likeness (QED) is 0.586. The number of aromatic nitrogens is 4. The van der Waals surface area contributed by atoms with Crippen molar-refractivity contribution in [3.05, 3.63) is 65.1 Å². The van der Waals surface area contributed by atoms with Crippen LogP contribution in [-0.4, -0.2) is 19.6 Å². The van der Waals surface area contributed by atoms with E-state index in [1.807, 2.05) is 60.7 Å². The number of nitrogens with zero attached hydrogens (tertiary/aromatic N) is 4. The lowest BCUT2D eigenvalue weighted by atomic mass is 10.1. The molecule has 0 bridgehead atoms. The molecule has 2 heterocycles. The maximum atomic E-state index is 5.76. The highest BCUT2D eigenvalue weighted by Gasteiger charge is 2.12. The van der Waals surface area contributed by atoms with Gasteiger partial charge < -0.3 is 5.73 Å². The van der Waals surface area contributed by atoms with E-state index in [9.17, 15) is 0 Å². The van der Waals surface area contributed by atoms with Crippen LogP contribution >= 0.6 is 15.9 Å². The highest BCUT2D eigenvalue weighted by Crippen LogP contribution is 2.26. The molecule has 112 valence electrons. The summed E-state index contributed by atoms with van der Waals surface area (Å²) in [5.41, 5.74) is 9.53. The minimum atomic E-state index is 0.211. The number of hydrogen-bond donors (Lipinski definition) is 1. The molecule has 23 heavy (non-hydrogen) atoms. The largest absolute Gasteiger partial charge is 0.366 e. The molecular formula is C17H12BrN5. The lowest BCUT2D eigenvalue weighted by Gasteiger charge is -2.07. The molecule has 2 aromatic carbocycles. The fourth-order valence-electron chi connectivity index (χ4n) is 2.47. The van der Waals surface area contributed by atoms with E-state index in [1.165, 1.54) is 0 Å². The topological polar surface area (TPSA) is 69.1 Å². The van der Waals surface area contributed by atoms with Crippen molar-refractivity contribution in [1.82, 2.24) is 19.6 Å². The lowest BCUT2D eigenvalue weighted by Crippen LogP contribution is -1.99. The molecule has 5 nitrogen and oxygen atoms in total. The molecule has 4 rings (SSSR count). The minimum absolute atomic E-state index is 0.211. The Hall–Kier alpha value is -2.73. The predicted octanol–water partition coefficient (Wildman–Crippen LogP) is 3.80. The normalized spacial score (nSPS) is 11.0. The molecule has 2 aromatic heterocycles. The van der Waals surface area contributed by atoms with Crippen molar-refractivity contribution in [3.8, 4) is 22.5 Å². The molecule has 6 heteroatoms. The van der Waals surface area contributed by atoms with Crippen molar-refractivity contribution >= 4 is 27.7 Å². The Morgan fingerprint density at radius 3 is 2.35 bits per heavy atom. The van der Waals surface area contributed by atoms with E-state index in [2.05, 4.69) is 31.0 Å². The van der Waals surface area contributed by atoms with Gasteiger partial charge >= 0.3 is 0 Å². The van der Waals surface area contributed by atoms with Gasteiger partial charge in [-0.3, -0.25) is 0 Å². The van der Waals surface area contributed by atoms with Gasteiger partial charge in [0, 0.05) is 15.6 Å². The molecule has 2 N–H and O–H groups in total. The van der Waals surface area contributed by atoms with Crippen LogP contribution in [0.1, 0.15) is 0 Å². The van der Waals surface area contributed by atoms with Crippen LogP contribution in [0.4, 0.5) is 5.95 Å². The standard InChI is InChI=1S/C17H12BrN5/c18-13-8-6-11(7-9-13)14-10-15(12-4-2-1-3-5-12)23-17(20-14)21-16(19)22-23/h1-10H,(H2,19,22). The van der Waals surface area contributed by atoms with Crippen molar-refractivity contribution < 1.29 is 0 Å². The lowest BCUT2D eigenvalue weighted by molar-refractivity contribution is 0.954. The molecule has 0 radical (unpaired) electrons. The average Bonchev–Trinajstić information content (AvgIpc) is 2.95. The molecule has 4 aromatic rings. The van der Waals surface area contributed by atoms with Gasteiger partial charge in [-0.1, -0.05) is 58.4 Å². The molecule has 0 unspecified atom stereocenters. The summed E-state index contributed by atoms with van der Waals surface area (Å²) >= 11 is 3.45. The van der Waals surface area contributed by atoms with Crippen LogP contribution in [0.2, 0.25) is 0 Å². The Bertz CT molecular complexity index is 977. The van der Waals surface area contributed by atoms with Gasteiger partial charge in [-0.15, -0.1) is 5.10 Å². The summed E-state index contributed by atoms with van der Waals surface area (Å²) in [5.74, 6) is 0.699. The van der Waals surface area contributed by atoms with Gasteiger partial charge in [0.25, 0.3) is 5.78 Å². The van der Waals surface area contributed by atoms with Crippen molar-refractivity contribution in [2.75, 3.05) is 5.73 Å². The van der Waals surface area contributed by atoms with Gasteiger partial charge in [0.05, 0.1) is 11.4 Å². The van der Waals surface area contributed by atoms with Crippen LogP contribution in [-0.2, 0) is 0 Å². The zero-order valence-electron chi connectivity index (χ0n) is 12.0. The van der Waals surface area contributed by atoms with E-state index in [-0.39, 0.29) is 5.95 Å². The van der Waals surface area contributed by atoms with Crippen LogP contribution in [0, 0.1) is 0 Å². The van der Waals surface area contributed by atoms with Crippen molar-refractivity contribution in [1.29, 1.82) is 0 Å². The van der Waals surface area contributed by atoms with Crippen molar-refractivity contribution in [2.24, 2.45) is 0 Å². The third kappa shape index (κ3) is 2.57. The number of hydrogen-bond acceptors (Lipinski definition) is 4. The van der Waals surface area contributed by atoms with Crippen molar-refractivity contribution in [2.45, 2.75) is 0 Å². The third-order valence-electron chi connectivity index (χ3n) is 3.54. The van der Waals surface area contributed by atoms with Gasteiger partial charge in [0.2, 0.25) is 5.95 Å². The molecule has 0 aliphatic rings. The third-order valence-corrected chi connectivity index (χ3v) is 4.07. The van der Waals surface area contributed by atoms with E-state index >= 15 is 0 Å². The number of fused-ring (bicyclic) bond motifs is 1. The number of nitrogens with two attached hydrogens (primary N) is 1. The Labute approximate surface area is 140 Å². The van der Waals surface area contributed by atoms with E-state index < -0.39 is 0 Å². The summed E-state index contributed by atoms with van der Waals surface area (Å²) < 4.78 is 2.70. The summed E-state index contributed by atoms with van der Waals surface area (Å²) in [4.78, 5) is 8.79. The number of anilines is 1. The minimum Gasteiger partial charge on any atom is -0.366 e. The fourth-order valence-corrected chi connectivity index (χ4v) is 2.73. The monoisotopic (exact) mass is 365 g/mol. The van der Waals surface area contributed by atoms with Crippen LogP contribution in [0.5, 0.6) is 0 Å². The van der Waals surface area contributed by atoms with E-state index in [0.29, 0.717) is 5.78 Å². The summed E-state index contributed by atoms with van der Waals surface area (Å²) in [6.07, 6.45) is 0. The Kier molecular flexibility index (Phi) is 3.31. The summed E-state index contributed by atoms with van der Waals surface area (Å²) in [7, 11) is 0. The first-order chi connectivity index (χ1) is 11.2. The van der Waals surface area contributed by atoms with Crippen LogP contribution < -0.4 is 5.73 Å². The number of benzene rings is 2. The SMILES string of the molecule is Nc1nc2nc(-c3ccc(Br)cc3)cc(-c3ccccc3)n2n1. The van der Waals surface area contributed by atoms with Crippen LogP contribution in [0.3, 0.4) is 0 Å². The molecule has 0 amide bonds. The van der Waals surface area contributed by atoms with Crippen molar-refractivity contribution in [3.63, 3.8) is 0 Å². The zero-order chi connectivity index (χ0) is 15.8. The van der Waals surface area contributed by atoms with Crippen LogP contribution in [0.25, 0.3) is 28.3 Å². The Balaban J connectivity index is 1.98. The highest BCUT2D eigenvalue weighted by atomic mass is 79.9. The molecule has 0 saturated carbocycles. The molecule has 0 atom stereocenters. The number of halogens is 1. The molecular weight excluding hydrogens is 354 g/mol. The molecule has 0 aliphatic heterocycles. The highest BCUT2D eigenvalue weighted by molar-refractivity contribution is 9.10. The van der Waals surface area contributed by atoms with Gasteiger partial charge in [-0.25, -0.2) is 4.98 Å². The second kappa shape index (κ2) is 5.48. The fraction of sp³-hybridized carbons (Fsp3) is 0. The van der Waals surface area contributed by atoms with Gasteiger partial charge in [0.1, 0.15) is 0 Å². The molecule has 0 saturated heterocycles. The second-order valence-corrected chi connectivity index (χ2v) is 6.00. The first-order valence-corrected chi connectivity index (χ1v) is 7.85. The van der Waals surface area contributed by atoms with E-state index in [1.54, 1.807) is 4.52 Å². The van der Waals surface area contributed by atoms with Gasteiger partial charge in [0.15, 0.2) is 0 Å². The second-order valence-electron chi connectivity index (χ2n) is 5.08. The van der Waals surface area contributed by atoms with Gasteiger partial charge in [-0.2, -0.15) is 9.50 Å². The zero-order valence-corrected chi connectivity index (χ0v) is 13.6. The predicted molar refractivity (Wildman–Crippen MR) is 93.8 cm³/mol. The summed E-state index contributed by atoms with van der Waals surface area (Å²) in [6, 6.07) is 20.0. The maximum absolute atomic E-state index is 5.76. The smallest absolute Gasteiger partial charge is 0.255 e. The molecule has 0 spiro atoms. The van der Waals surface area contributed by atoms with E-state index in [4.69, 9.17) is 5.73 Å². The number of rotatable bonds is 2. The maximum Gasteiger partial charge on any atom is 0.255 e. The van der Waals surface area contributed by atoms with Gasteiger partial charge in [-0.05, 0) is 18.2 Å². The van der Waals surface area contributed by atoms with Crippen LogP contribution in [0.15, 0.2) is 65.1 Å². The Morgan fingerprint density at radius 2 is 1.61 bits per heavy atom. The summed E-state index contributed by atoms with van der Waals surface area (Å²) in [5, 5.41) is 4.25. The Morgan fingerprint density at radius 1 is 0.870 bits per heavy atom. The first-order valence-electron chi connectivity index (χ1n) is 7.05. The number of nitrogen functional groups attached to an aromatic ring is 1.